The average molecular weight is 235 g/mol. The van der Waals surface area contributed by atoms with E-state index in [2.05, 4.69) is 4.28 Å². The highest BCUT2D eigenvalue weighted by Crippen LogP contribution is 2.08. The van der Waals surface area contributed by atoms with E-state index < -0.39 is 22.3 Å². The maximum absolute atomic E-state index is 11.2. The SMILES string of the molecule is Cc1ccc(S(=O)ONS(=O)O)cc1. The third-order valence-electron chi connectivity index (χ3n) is 1.39. The number of nitrogens with one attached hydrogen (secondary N) is 1. The van der Waals surface area contributed by atoms with Crippen LogP contribution in [0.15, 0.2) is 29.2 Å². The van der Waals surface area contributed by atoms with E-state index in [1.165, 1.54) is 0 Å². The first-order valence-corrected chi connectivity index (χ1v) is 5.80. The summed E-state index contributed by atoms with van der Waals surface area (Å²) in [5.74, 6) is 0. The Morgan fingerprint density at radius 1 is 1.29 bits per heavy atom. The summed E-state index contributed by atoms with van der Waals surface area (Å²) in [4.78, 5) is 2.11. The summed E-state index contributed by atoms with van der Waals surface area (Å²) in [6, 6.07) is 6.78. The largest absolute Gasteiger partial charge is 0.292 e. The Morgan fingerprint density at radius 2 is 1.86 bits per heavy atom. The molecule has 0 aliphatic carbocycles. The Morgan fingerprint density at radius 3 is 2.36 bits per heavy atom. The highest BCUT2D eigenvalue weighted by molar-refractivity contribution is 7.81. The molecule has 0 amide bonds. The molecule has 0 radical (unpaired) electrons. The van der Waals surface area contributed by atoms with Crippen LogP contribution in [0.2, 0.25) is 0 Å². The number of benzene rings is 1. The average Bonchev–Trinajstić information content (AvgIpc) is 2.15. The van der Waals surface area contributed by atoms with Crippen molar-refractivity contribution in [2.24, 2.45) is 0 Å². The first-order valence-electron chi connectivity index (χ1n) is 3.62. The molecular weight excluding hydrogens is 226 g/mol. The lowest BCUT2D eigenvalue weighted by Gasteiger charge is -2.01. The maximum Gasteiger partial charge on any atom is 0.257 e. The van der Waals surface area contributed by atoms with Crippen LogP contribution >= 0.6 is 0 Å². The van der Waals surface area contributed by atoms with Crippen LogP contribution in [0.3, 0.4) is 0 Å². The second kappa shape index (κ2) is 5.32. The van der Waals surface area contributed by atoms with Gasteiger partial charge < -0.3 is 0 Å². The Bertz CT molecular complexity index is 351. The summed E-state index contributed by atoms with van der Waals surface area (Å²) in [6.07, 6.45) is 0. The molecule has 1 rings (SSSR count). The van der Waals surface area contributed by atoms with Crippen LogP contribution in [-0.4, -0.2) is 13.0 Å². The van der Waals surface area contributed by atoms with Crippen molar-refractivity contribution in [2.45, 2.75) is 11.8 Å². The summed E-state index contributed by atoms with van der Waals surface area (Å²) in [6.45, 7) is 1.90. The molecule has 0 aliphatic rings. The monoisotopic (exact) mass is 235 g/mol. The topological polar surface area (TPSA) is 75.6 Å². The smallest absolute Gasteiger partial charge is 0.257 e. The molecular formula is C7H9NO4S2. The zero-order valence-electron chi connectivity index (χ0n) is 7.30. The molecule has 2 atom stereocenters. The summed E-state index contributed by atoms with van der Waals surface area (Å²) >= 11 is -4.11. The van der Waals surface area contributed by atoms with Crippen LogP contribution in [0.25, 0.3) is 0 Å². The van der Waals surface area contributed by atoms with Crippen molar-refractivity contribution < 1.29 is 17.3 Å². The molecule has 0 bridgehead atoms. The fourth-order valence-electron chi connectivity index (χ4n) is 0.757. The number of hydrogen-bond acceptors (Lipinski definition) is 3. The maximum atomic E-state index is 11.2. The van der Waals surface area contributed by atoms with Crippen molar-refractivity contribution in [3.05, 3.63) is 29.8 Å². The Balaban J connectivity index is 2.61. The Kier molecular flexibility index (Phi) is 4.36. The molecule has 14 heavy (non-hydrogen) atoms. The minimum Gasteiger partial charge on any atom is -0.292 e. The minimum atomic E-state index is -2.33. The zero-order valence-corrected chi connectivity index (χ0v) is 8.93. The zero-order chi connectivity index (χ0) is 10.6. The van der Waals surface area contributed by atoms with Gasteiger partial charge >= 0.3 is 0 Å². The van der Waals surface area contributed by atoms with E-state index in [4.69, 9.17) is 4.55 Å². The first-order chi connectivity index (χ1) is 6.59. The molecule has 0 aromatic heterocycles. The molecule has 5 nitrogen and oxygen atoms in total. The lowest BCUT2D eigenvalue weighted by molar-refractivity contribution is 0.294. The predicted molar refractivity (Wildman–Crippen MR) is 52.6 cm³/mol. The van der Waals surface area contributed by atoms with Crippen LogP contribution in [0.4, 0.5) is 0 Å². The van der Waals surface area contributed by atoms with Crippen LogP contribution < -0.4 is 4.89 Å². The fraction of sp³-hybridized carbons (Fsp3) is 0.143. The van der Waals surface area contributed by atoms with Gasteiger partial charge in [0.2, 0.25) is 11.1 Å². The van der Waals surface area contributed by atoms with Crippen LogP contribution in [-0.2, 0) is 26.6 Å². The number of aryl methyl sites for hydroxylation is 1. The van der Waals surface area contributed by atoms with Crippen molar-refractivity contribution in [1.29, 1.82) is 0 Å². The molecule has 0 aliphatic heterocycles. The van der Waals surface area contributed by atoms with Gasteiger partial charge in [-0.2, -0.15) is 4.28 Å². The summed E-state index contributed by atoms with van der Waals surface area (Å²) < 4.78 is 34.1. The molecule has 0 fully saturated rings. The highest BCUT2D eigenvalue weighted by atomic mass is 32.2. The van der Waals surface area contributed by atoms with Crippen LogP contribution in [0.1, 0.15) is 5.56 Å². The van der Waals surface area contributed by atoms with Gasteiger partial charge in [-0.25, -0.2) is 8.42 Å². The lowest BCUT2D eigenvalue weighted by Crippen LogP contribution is -2.18. The molecule has 0 saturated carbocycles. The molecule has 0 spiro atoms. The molecule has 7 heteroatoms. The fourth-order valence-corrected chi connectivity index (χ4v) is 1.69. The van der Waals surface area contributed by atoms with Gasteiger partial charge in [0.25, 0.3) is 11.3 Å². The summed E-state index contributed by atoms with van der Waals surface area (Å²) in [5, 5.41) is 0. The minimum absolute atomic E-state index is 0.425. The van der Waals surface area contributed by atoms with Gasteiger partial charge in [0.05, 0.1) is 4.90 Å². The normalized spacial score (nSPS) is 15.0. The van der Waals surface area contributed by atoms with Gasteiger partial charge in [-0.1, -0.05) is 22.6 Å². The number of rotatable bonds is 4. The van der Waals surface area contributed by atoms with E-state index in [1.807, 2.05) is 6.92 Å². The Labute approximate surface area is 86.5 Å². The van der Waals surface area contributed by atoms with E-state index in [0.717, 1.165) is 5.56 Å². The van der Waals surface area contributed by atoms with Gasteiger partial charge in [-0.3, -0.25) is 4.55 Å². The van der Waals surface area contributed by atoms with Crippen molar-refractivity contribution >= 4 is 22.3 Å². The Hall–Kier alpha value is -0.600. The molecule has 2 unspecified atom stereocenters. The van der Waals surface area contributed by atoms with Gasteiger partial charge in [0, 0.05) is 0 Å². The molecule has 78 valence electrons. The second-order valence-electron chi connectivity index (χ2n) is 2.46. The van der Waals surface area contributed by atoms with Crippen molar-refractivity contribution in [2.75, 3.05) is 0 Å². The van der Waals surface area contributed by atoms with Gasteiger partial charge in [0.15, 0.2) is 0 Å². The van der Waals surface area contributed by atoms with Gasteiger partial charge in [-0.05, 0) is 19.1 Å². The second-order valence-corrected chi connectivity index (χ2v) is 4.24. The van der Waals surface area contributed by atoms with E-state index in [-0.39, 0.29) is 0 Å². The third kappa shape index (κ3) is 3.64. The molecule has 2 N–H and O–H groups in total. The predicted octanol–water partition coefficient (Wildman–Crippen LogP) is 0.676. The summed E-state index contributed by atoms with van der Waals surface area (Å²) in [7, 11) is 0. The number of hydrogen-bond donors (Lipinski definition) is 2. The van der Waals surface area contributed by atoms with Crippen molar-refractivity contribution in [3.63, 3.8) is 0 Å². The standard InChI is InChI=1S/C7H9NO4S2/c1-6-2-4-7(5-3-6)13(9)12-8-14(10)11/h2-5,8H,1H3,(H,10,11). The van der Waals surface area contributed by atoms with Crippen LogP contribution in [0.5, 0.6) is 0 Å². The first kappa shape index (κ1) is 11.5. The van der Waals surface area contributed by atoms with E-state index in [9.17, 15) is 8.42 Å². The molecule has 1 aromatic carbocycles. The molecule has 0 heterocycles. The van der Waals surface area contributed by atoms with Crippen LogP contribution in [0, 0.1) is 6.92 Å². The van der Waals surface area contributed by atoms with E-state index in [0.29, 0.717) is 4.90 Å². The van der Waals surface area contributed by atoms with Crippen molar-refractivity contribution in [3.8, 4) is 0 Å². The molecule has 1 aromatic rings. The highest BCUT2D eigenvalue weighted by Gasteiger charge is 2.05. The van der Waals surface area contributed by atoms with E-state index >= 15 is 0 Å². The van der Waals surface area contributed by atoms with Gasteiger partial charge in [-0.15, -0.1) is 0 Å². The van der Waals surface area contributed by atoms with Gasteiger partial charge in [0.1, 0.15) is 0 Å². The van der Waals surface area contributed by atoms with Crippen molar-refractivity contribution in [1.82, 2.24) is 4.89 Å². The lowest BCUT2D eigenvalue weighted by atomic mass is 10.2. The van der Waals surface area contributed by atoms with E-state index in [1.54, 1.807) is 29.2 Å². The third-order valence-corrected chi connectivity index (χ3v) is 2.62. The summed E-state index contributed by atoms with van der Waals surface area (Å²) in [5.41, 5.74) is 1.03. The molecule has 0 saturated heterocycles. The quantitative estimate of drug-likeness (QED) is 0.594.